The van der Waals surface area contributed by atoms with Crippen molar-refractivity contribution in [2.75, 3.05) is 13.3 Å². The minimum absolute atomic E-state index is 0.0284. The highest BCUT2D eigenvalue weighted by atomic mass is 16.5. The number of carbonyl (C=O) groups is 1. The van der Waals surface area contributed by atoms with Gasteiger partial charge in [0.2, 0.25) is 0 Å². The minimum Gasteiger partial charge on any atom is -0.473 e. The Labute approximate surface area is 114 Å². The summed E-state index contributed by atoms with van der Waals surface area (Å²) < 4.78 is 5.50. The third kappa shape index (κ3) is 3.88. The summed E-state index contributed by atoms with van der Waals surface area (Å²) in [5.41, 5.74) is 1.19. The van der Waals surface area contributed by atoms with E-state index in [2.05, 4.69) is 12.2 Å². The molecule has 2 amide bonds. The molecular weight excluding hydrogens is 240 g/mol. The van der Waals surface area contributed by atoms with Crippen molar-refractivity contribution < 1.29 is 9.53 Å². The van der Waals surface area contributed by atoms with Gasteiger partial charge >= 0.3 is 6.03 Å². The van der Waals surface area contributed by atoms with E-state index in [-0.39, 0.29) is 12.8 Å². The Morgan fingerprint density at radius 3 is 2.79 bits per heavy atom. The first-order valence-electron chi connectivity index (χ1n) is 6.91. The summed E-state index contributed by atoms with van der Waals surface area (Å²) in [6, 6.07) is 8.09. The zero-order chi connectivity index (χ0) is 13.7. The molecule has 1 aliphatic rings. The summed E-state index contributed by atoms with van der Waals surface area (Å²) in [5, 5.41) is 2.81. The number of rotatable bonds is 3. The highest BCUT2D eigenvalue weighted by Gasteiger charge is 2.22. The van der Waals surface area contributed by atoms with Crippen LogP contribution in [0, 0.1) is 6.92 Å². The van der Waals surface area contributed by atoms with E-state index in [1.807, 2.05) is 36.1 Å². The molecule has 1 aromatic carbocycles. The molecule has 1 saturated heterocycles. The van der Waals surface area contributed by atoms with Gasteiger partial charge in [0.1, 0.15) is 5.75 Å². The van der Waals surface area contributed by atoms with Crippen molar-refractivity contribution in [3.8, 4) is 5.75 Å². The third-order valence-electron chi connectivity index (χ3n) is 3.55. The first-order chi connectivity index (χ1) is 9.16. The number of urea groups is 1. The van der Waals surface area contributed by atoms with Crippen molar-refractivity contribution in [2.24, 2.45) is 0 Å². The van der Waals surface area contributed by atoms with E-state index >= 15 is 0 Å². The molecule has 1 unspecified atom stereocenters. The fourth-order valence-electron chi connectivity index (χ4n) is 2.32. The first kappa shape index (κ1) is 13.7. The summed E-state index contributed by atoms with van der Waals surface area (Å²) in [4.78, 5) is 13.9. The van der Waals surface area contributed by atoms with Gasteiger partial charge in [-0.1, -0.05) is 17.7 Å². The molecule has 1 atom stereocenters. The zero-order valence-electron chi connectivity index (χ0n) is 11.7. The number of ether oxygens (including phenoxy) is 1. The molecule has 4 heteroatoms. The molecule has 1 heterocycles. The quantitative estimate of drug-likeness (QED) is 0.851. The standard InChI is InChI=1S/C15H22N2O2/c1-12-6-8-14(9-7-12)19-11-16-15(18)17-10-4-3-5-13(17)2/h6-9,13H,3-5,10-11H2,1-2H3,(H,16,18). The molecule has 2 rings (SSSR count). The van der Waals surface area contributed by atoms with Gasteiger partial charge in [0, 0.05) is 12.6 Å². The van der Waals surface area contributed by atoms with Gasteiger partial charge in [-0.25, -0.2) is 4.79 Å². The second kappa shape index (κ2) is 6.45. The van der Waals surface area contributed by atoms with Crippen LogP contribution in [-0.4, -0.2) is 30.2 Å². The Morgan fingerprint density at radius 2 is 2.11 bits per heavy atom. The van der Waals surface area contributed by atoms with Gasteiger partial charge in [-0.3, -0.25) is 0 Å². The normalized spacial score (nSPS) is 19.1. The summed E-state index contributed by atoms with van der Waals surface area (Å²) in [5.74, 6) is 0.776. The van der Waals surface area contributed by atoms with E-state index in [1.54, 1.807) is 0 Å². The molecule has 0 spiro atoms. The SMILES string of the molecule is Cc1ccc(OCNC(=O)N2CCCCC2C)cc1. The maximum atomic E-state index is 12.0. The summed E-state index contributed by atoms with van der Waals surface area (Å²) in [6.07, 6.45) is 3.40. The molecule has 0 bridgehead atoms. The number of nitrogens with zero attached hydrogens (tertiary/aromatic N) is 1. The molecule has 104 valence electrons. The second-order valence-electron chi connectivity index (χ2n) is 5.12. The second-order valence-corrected chi connectivity index (χ2v) is 5.12. The number of nitrogens with one attached hydrogen (secondary N) is 1. The van der Waals surface area contributed by atoms with Gasteiger partial charge in [-0.05, 0) is 45.2 Å². The fourth-order valence-corrected chi connectivity index (χ4v) is 2.32. The molecule has 0 saturated carbocycles. The van der Waals surface area contributed by atoms with Crippen LogP contribution in [0.25, 0.3) is 0 Å². The third-order valence-corrected chi connectivity index (χ3v) is 3.55. The molecule has 1 fully saturated rings. The number of piperidine rings is 1. The largest absolute Gasteiger partial charge is 0.473 e. The van der Waals surface area contributed by atoms with Crippen molar-refractivity contribution in [1.29, 1.82) is 0 Å². The van der Waals surface area contributed by atoms with Crippen molar-refractivity contribution in [3.63, 3.8) is 0 Å². The lowest BCUT2D eigenvalue weighted by Gasteiger charge is -2.33. The first-order valence-corrected chi connectivity index (χ1v) is 6.91. The Kier molecular flexibility index (Phi) is 4.66. The highest BCUT2D eigenvalue weighted by Crippen LogP contribution is 2.16. The van der Waals surface area contributed by atoms with Gasteiger partial charge < -0.3 is 15.0 Å². The maximum absolute atomic E-state index is 12.0. The van der Waals surface area contributed by atoms with E-state index in [0.29, 0.717) is 6.04 Å². The van der Waals surface area contributed by atoms with Gasteiger partial charge in [0.25, 0.3) is 0 Å². The number of amides is 2. The smallest absolute Gasteiger partial charge is 0.320 e. The van der Waals surface area contributed by atoms with E-state index in [9.17, 15) is 4.79 Å². The maximum Gasteiger partial charge on any atom is 0.320 e. The lowest BCUT2D eigenvalue weighted by Crippen LogP contribution is -2.48. The highest BCUT2D eigenvalue weighted by molar-refractivity contribution is 5.74. The predicted octanol–water partition coefficient (Wildman–Crippen LogP) is 2.92. The van der Waals surface area contributed by atoms with Crippen LogP contribution >= 0.6 is 0 Å². The average molecular weight is 262 g/mol. The zero-order valence-corrected chi connectivity index (χ0v) is 11.7. The lowest BCUT2D eigenvalue weighted by atomic mass is 10.0. The van der Waals surface area contributed by atoms with Crippen LogP contribution in [0.1, 0.15) is 31.7 Å². The molecule has 1 aromatic rings. The summed E-state index contributed by atoms with van der Waals surface area (Å²) in [7, 11) is 0. The molecule has 0 radical (unpaired) electrons. The summed E-state index contributed by atoms with van der Waals surface area (Å²) >= 11 is 0. The van der Waals surface area contributed by atoms with Crippen LogP contribution in [0.3, 0.4) is 0 Å². The fraction of sp³-hybridized carbons (Fsp3) is 0.533. The van der Waals surface area contributed by atoms with E-state index in [1.165, 1.54) is 12.0 Å². The van der Waals surface area contributed by atoms with Crippen molar-refractivity contribution in [1.82, 2.24) is 10.2 Å². The van der Waals surface area contributed by atoms with Crippen LogP contribution in [-0.2, 0) is 0 Å². The Bertz CT molecular complexity index is 417. The monoisotopic (exact) mass is 262 g/mol. The molecule has 19 heavy (non-hydrogen) atoms. The van der Waals surface area contributed by atoms with Crippen molar-refractivity contribution in [2.45, 2.75) is 39.2 Å². The number of hydrogen-bond donors (Lipinski definition) is 1. The Morgan fingerprint density at radius 1 is 1.37 bits per heavy atom. The van der Waals surface area contributed by atoms with Gasteiger partial charge in [0.15, 0.2) is 6.73 Å². The van der Waals surface area contributed by atoms with Gasteiger partial charge in [-0.15, -0.1) is 0 Å². The topological polar surface area (TPSA) is 41.6 Å². The van der Waals surface area contributed by atoms with E-state index in [0.717, 1.165) is 25.1 Å². The number of likely N-dealkylation sites (tertiary alicyclic amines) is 1. The van der Waals surface area contributed by atoms with Crippen LogP contribution < -0.4 is 10.1 Å². The van der Waals surface area contributed by atoms with Crippen LogP contribution in [0.2, 0.25) is 0 Å². The van der Waals surface area contributed by atoms with Gasteiger partial charge in [0.05, 0.1) is 0 Å². The van der Waals surface area contributed by atoms with Crippen molar-refractivity contribution >= 4 is 6.03 Å². The number of hydrogen-bond acceptors (Lipinski definition) is 2. The van der Waals surface area contributed by atoms with Crippen molar-refractivity contribution in [3.05, 3.63) is 29.8 Å². The molecule has 1 N–H and O–H groups in total. The van der Waals surface area contributed by atoms with Crippen LogP contribution in [0.15, 0.2) is 24.3 Å². The molecule has 4 nitrogen and oxygen atoms in total. The average Bonchev–Trinajstić information content (AvgIpc) is 2.41. The van der Waals surface area contributed by atoms with E-state index < -0.39 is 0 Å². The van der Waals surface area contributed by atoms with E-state index in [4.69, 9.17) is 4.74 Å². The Hall–Kier alpha value is -1.71. The van der Waals surface area contributed by atoms with Crippen LogP contribution in [0.5, 0.6) is 5.75 Å². The van der Waals surface area contributed by atoms with Crippen LogP contribution in [0.4, 0.5) is 4.79 Å². The minimum atomic E-state index is -0.0284. The van der Waals surface area contributed by atoms with Gasteiger partial charge in [-0.2, -0.15) is 0 Å². The number of benzene rings is 1. The number of carbonyl (C=O) groups excluding carboxylic acids is 1. The molecular formula is C15H22N2O2. The molecule has 0 aromatic heterocycles. The Balaban J connectivity index is 1.75. The predicted molar refractivity (Wildman–Crippen MR) is 75.2 cm³/mol. The molecule has 1 aliphatic heterocycles. The molecule has 0 aliphatic carbocycles. The lowest BCUT2D eigenvalue weighted by molar-refractivity contribution is 0.149. The summed E-state index contributed by atoms with van der Waals surface area (Å²) in [6.45, 7) is 5.19. The number of aryl methyl sites for hydroxylation is 1.